The molecule has 0 aromatic carbocycles. The maximum atomic E-state index is 11.0. The van der Waals surface area contributed by atoms with Crippen LogP contribution in [-0.4, -0.2) is 31.0 Å². The summed E-state index contributed by atoms with van der Waals surface area (Å²) in [6.45, 7) is 13.0. The van der Waals surface area contributed by atoms with E-state index in [9.17, 15) is 4.79 Å². The topological polar surface area (TPSA) is 26.3 Å². The van der Waals surface area contributed by atoms with Gasteiger partial charge in [0.15, 0.2) is 0 Å². The van der Waals surface area contributed by atoms with Crippen molar-refractivity contribution in [2.45, 2.75) is 84.0 Å². The molecular formula is C18H36O2Sn. The molecule has 0 amide bonds. The van der Waals surface area contributed by atoms with Crippen molar-refractivity contribution >= 4 is 24.3 Å². The van der Waals surface area contributed by atoms with Gasteiger partial charge >= 0.3 is 137 Å². The molecular weight excluding hydrogens is 367 g/mol. The van der Waals surface area contributed by atoms with Crippen LogP contribution >= 0.6 is 0 Å². The van der Waals surface area contributed by atoms with Crippen LogP contribution in [0.15, 0.2) is 12.2 Å². The molecule has 0 unspecified atom stereocenters. The summed E-state index contributed by atoms with van der Waals surface area (Å²) in [7, 11) is 0. The summed E-state index contributed by atoms with van der Waals surface area (Å²) < 4.78 is 10.9. The van der Waals surface area contributed by atoms with E-state index < -0.39 is 18.4 Å². The number of carbonyl (C=O) groups is 1. The van der Waals surface area contributed by atoms with Crippen molar-refractivity contribution in [3.05, 3.63) is 12.2 Å². The van der Waals surface area contributed by atoms with Gasteiger partial charge in [-0.15, -0.1) is 0 Å². The average molecular weight is 403 g/mol. The molecule has 0 aliphatic rings. The zero-order chi connectivity index (χ0) is 16.1. The van der Waals surface area contributed by atoms with Crippen LogP contribution in [0.4, 0.5) is 0 Å². The minimum atomic E-state index is -2.13. The van der Waals surface area contributed by atoms with Crippen LogP contribution in [0.3, 0.4) is 0 Å². The molecule has 0 N–H and O–H groups in total. The van der Waals surface area contributed by atoms with Crippen molar-refractivity contribution in [2.24, 2.45) is 0 Å². The molecule has 0 spiro atoms. The van der Waals surface area contributed by atoms with Gasteiger partial charge in [0, 0.05) is 0 Å². The number of carbonyl (C=O) groups excluding carboxylic acids is 1. The zero-order valence-corrected chi connectivity index (χ0v) is 17.7. The van der Waals surface area contributed by atoms with Crippen LogP contribution in [0.5, 0.6) is 0 Å². The molecule has 0 saturated carbocycles. The van der Waals surface area contributed by atoms with Gasteiger partial charge in [0.2, 0.25) is 0 Å². The number of hydrogen-bond donors (Lipinski definition) is 0. The normalized spacial score (nSPS) is 11.4. The third kappa shape index (κ3) is 10.4. The SMILES string of the molecule is C=C(COC(C)=O)[CH2][Sn]([CH2]CCC)([CH2]CCC)[CH2]CCC. The fourth-order valence-electron chi connectivity index (χ4n) is 3.08. The van der Waals surface area contributed by atoms with Crippen LogP contribution in [0.1, 0.15) is 66.2 Å². The van der Waals surface area contributed by atoms with E-state index in [1.54, 1.807) is 0 Å². The van der Waals surface area contributed by atoms with E-state index in [2.05, 4.69) is 27.4 Å². The number of ether oxygens (including phenoxy) is 1. The van der Waals surface area contributed by atoms with E-state index in [1.807, 2.05) is 0 Å². The molecule has 0 aromatic rings. The third-order valence-electron chi connectivity index (χ3n) is 4.29. The molecule has 0 bridgehead atoms. The third-order valence-corrected chi connectivity index (χ3v) is 20.0. The monoisotopic (exact) mass is 404 g/mol. The molecule has 0 saturated heterocycles. The van der Waals surface area contributed by atoms with E-state index in [-0.39, 0.29) is 5.97 Å². The molecule has 0 aromatic heterocycles. The Hall–Kier alpha value is 0.00870. The van der Waals surface area contributed by atoms with Crippen LogP contribution in [0, 0.1) is 0 Å². The predicted octanol–water partition coefficient (Wildman–Crippen LogP) is 5.95. The van der Waals surface area contributed by atoms with Crippen molar-refractivity contribution in [1.29, 1.82) is 0 Å². The Kier molecular flexibility index (Phi) is 12.5. The summed E-state index contributed by atoms with van der Waals surface area (Å²) in [4.78, 5) is 11.0. The van der Waals surface area contributed by atoms with E-state index in [1.165, 1.54) is 68.8 Å². The van der Waals surface area contributed by atoms with Gasteiger partial charge in [0.05, 0.1) is 0 Å². The van der Waals surface area contributed by atoms with Gasteiger partial charge in [-0.05, 0) is 0 Å². The van der Waals surface area contributed by atoms with E-state index in [4.69, 9.17) is 4.74 Å². The first kappa shape index (κ1) is 21.0. The van der Waals surface area contributed by atoms with Crippen molar-refractivity contribution in [1.82, 2.24) is 0 Å². The number of hydrogen-bond acceptors (Lipinski definition) is 2. The molecule has 0 atom stereocenters. The quantitative estimate of drug-likeness (QED) is 0.216. The first-order chi connectivity index (χ1) is 9.99. The minimum absolute atomic E-state index is 0.187. The van der Waals surface area contributed by atoms with Gasteiger partial charge in [-0.3, -0.25) is 0 Å². The van der Waals surface area contributed by atoms with Crippen molar-refractivity contribution in [3.8, 4) is 0 Å². The van der Waals surface area contributed by atoms with Gasteiger partial charge in [-0.2, -0.15) is 0 Å². The fourth-order valence-corrected chi connectivity index (χ4v) is 19.5. The second-order valence-corrected chi connectivity index (χ2v) is 20.4. The standard InChI is InChI=1S/C6H9O2.3C4H9.Sn/c1-5(2)4-8-6(3)7;3*1-3-4-2;/h1-2,4H2,3H3;3*1,3-4H2,2H3;. The predicted molar refractivity (Wildman–Crippen MR) is 95.5 cm³/mol. The summed E-state index contributed by atoms with van der Waals surface area (Å²) in [6.07, 6.45) is 8.03. The Morgan fingerprint density at radius 3 is 1.71 bits per heavy atom. The summed E-state index contributed by atoms with van der Waals surface area (Å²) in [6, 6.07) is 0. The van der Waals surface area contributed by atoms with Gasteiger partial charge in [-0.25, -0.2) is 0 Å². The van der Waals surface area contributed by atoms with E-state index in [0.717, 1.165) is 0 Å². The zero-order valence-electron chi connectivity index (χ0n) is 14.8. The Morgan fingerprint density at radius 2 is 1.38 bits per heavy atom. The molecule has 0 aliphatic carbocycles. The van der Waals surface area contributed by atoms with Gasteiger partial charge in [0.1, 0.15) is 0 Å². The Balaban J connectivity index is 4.75. The van der Waals surface area contributed by atoms with Gasteiger partial charge in [0.25, 0.3) is 0 Å². The van der Waals surface area contributed by atoms with E-state index in [0.29, 0.717) is 6.61 Å². The number of rotatable bonds is 13. The first-order valence-electron chi connectivity index (χ1n) is 8.79. The summed E-state index contributed by atoms with van der Waals surface area (Å²) in [5.74, 6) is -0.187. The van der Waals surface area contributed by atoms with Crippen LogP contribution in [0.2, 0.25) is 17.7 Å². The van der Waals surface area contributed by atoms with Gasteiger partial charge in [-0.1, -0.05) is 0 Å². The van der Waals surface area contributed by atoms with Crippen molar-refractivity contribution in [3.63, 3.8) is 0 Å². The maximum absolute atomic E-state index is 11.0. The van der Waals surface area contributed by atoms with Crippen molar-refractivity contribution < 1.29 is 9.53 Å². The molecule has 21 heavy (non-hydrogen) atoms. The second-order valence-electron chi connectivity index (χ2n) is 6.52. The molecule has 0 radical (unpaired) electrons. The Morgan fingerprint density at radius 1 is 0.952 bits per heavy atom. The summed E-state index contributed by atoms with van der Waals surface area (Å²) in [5, 5.41) is 0. The average Bonchev–Trinajstić information content (AvgIpc) is 2.46. The fraction of sp³-hybridized carbons (Fsp3) is 0.833. The number of esters is 1. The van der Waals surface area contributed by atoms with Crippen LogP contribution in [0.25, 0.3) is 0 Å². The van der Waals surface area contributed by atoms with Gasteiger partial charge < -0.3 is 0 Å². The molecule has 2 nitrogen and oxygen atoms in total. The molecule has 0 fully saturated rings. The first-order valence-corrected chi connectivity index (χ1v) is 16.9. The molecule has 0 aliphatic heterocycles. The van der Waals surface area contributed by atoms with Crippen LogP contribution in [-0.2, 0) is 9.53 Å². The molecule has 3 heteroatoms. The number of unbranched alkanes of at least 4 members (excludes halogenated alkanes) is 3. The molecule has 0 rings (SSSR count). The Labute approximate surface area is 136 Å². The van der Waals surface area contributed by atoms with Crippen LogP contribution < -0.4 is 0 Å². The van der Waals surface area contributed by atoms with Crippen molar-refractivity contribution in [2.75, 3.05) is 6.61 Å². The van der Waals surface area contributed by atoms with E-state index >= 15 is 0 Å². The second kappa shape index (κ2) is 12.5. The Bertz CT molecular complexity index is 278. The molecule has 124 valence electrons. The molecule has 0 heterocycles. The summed E-state index contributed by atoms with van der Waals surface area (Å²) in [5.41, 5.74) is 1.17. The summed E-state index contributed by atoms with van der Waals surface area (Å²) >= 11 is -2.13.